The van der Waals surface area contributed by atoms with Gasteiger partial charge in [0.25, 0.3) is 5.91 Å². The number of anilines is 2. The van der Waals surface area contributed by atoms with Crippen molar-refractivity contribution in [2.24, 2.45) is 0 Å². The van der Waals surface area contributed by atoms with Crippen LogP contribution in [-0.4, -0.2) is 30.1 Å². The minimum atomic E-state index is -0.479. The first kappa shape index (κ1) is 19.2. The number of amides is 1. The van der Waals surface area contributed by atoms with Gasteiger partial charge in [-0.25, -0.2) is 9.37 Å². The fraction of sp³-hybridized carbons (Fsp3) is 0.304. The molecule has 3 aromatic rings. The van der Waals surface area contributed by atoms with Gasteiger partial charge in [0.15, 0.2) is 6.61 Å². The monoisotopic (exact) mass is 393 g/mol. The largest absolute Gasteiger partial charge is 0.481 e. The maximum Gasteiger partial charge on any atom is 0.262 e. The Morgan fingerprint density at radius 2 is 2.03 bits per heavy atom. The highest BCUT2D eigenvalue weighted by Crippen LogP contribution is 2.29. The molecule has 0 spiro atoms. The van der Waals surface area contributed by atoms with Crippen molar-refractivity contribution >= 4 is 28.3 Å². The molecule has 1 N–H and O–H groups in total. The van der Waals surface area contributed by atoms with Crippen molar-refractivity contribution in [3.05, 3.63) is 60.4 Å². The molecule has 1 atom stereocenters. The third-order valence-corrected chi connectivity index (χ3v) is 5.27. The van der Waals surface area contributed by atoms with Gasteiger partial charge in [0.05, 0.1) is 5.69 Å². The summed E-state index contributed by atoms with van der Waals surface area (Å²) in [6, 6.07) is 16.2. The molecule has 5 nitrogen and oxygen atoms in total. The van der Waals surface area contributed by atoms with Crippen LogP contribution in [0.4, 0.5) is 15.9 Å². The second kappa shape index (κ2) is 8.47. The third kappa shape index (κ3) is 4.31. The molecule has 6 heteroatoms. The Hall–Kier alpha value is -3.15. The van der Waals surface area contributed by atoms with Crippen LogP contribution in [-0.2, 0) is 4.79 Å². The van der Waals surface area contributed by atoms with Crippen LogP contribution >= 0.6 is 0 Å². The number of carbonyl (C=O) groups is 1. The van der Waals surface area contributed by atoms with Crippen molar-refractivity contribution < 1.29 is 13.9 Å². The van der Waals surface area contributed by atoms with E-state index < -0.39 is 11.7 Å². The molecule has 150 valence electrons. The number of piperidine rings is 1. The summed E-state index contributed by atoms with van der Waals surface area (Å²) in [5, 5.41) is 3.48. The average Bonchev–Trinajstić information content (AvgIpc) is 2.74. The van der Waals surface area contributed by atoms with Crippen LogP contribution in [0, 0.1) is 5.82 Å². The van der Waals surface area contributed by atoms with Crippen molar-refractivity contribution in [2.45, 2.75) is 32.2 Å². The van der Waals surface area contributed by atoms with Gasteiger partial charge in [-0.3, -0.25) is 4.79 Å². The zero-order valence-corrected chi connectivity index (χ0v) is 16.4. The second-order valence-electron chi connectivity index (χ2n) is 7.35. The Morgan fingerprint density at radius 3 is 2.86 bits per heavy atom. The average molecular weight is 393 g/mol. The number of para-hydroxylation sites is 2. The highest BCUT2D eigenvalue weighted by molar-refractivity contribution is 5.92. The van der Waals surface area contributed by atoms with Crippen molar-refractivity contribution in [2.75, 3.05) is 23.4 Å². The standard InChI is InChI=1S/C23H24FN3O2/c1-16-7-4-5-14-27(16)21-13-12-17-8-6-11-20(23(17)26-21)29-15-22(28)25-19-10-3-2-9-18(19)24/h2-3,6,8-13,16H,4-5,7,14-15H2,1H3,(H,25,28). The molecule has 2 heterocycles. The second-order valence-corrected chi connectivity index (χ2v) is 7.35. The number of benzene rings is 2. The fourth-order valence-electron chi connectivity index (χ4n) is 3.72. The first-order valence-corrected chi connectivity index (χ1v) is 9.95. The maximum absolute atomic E-state index is 13.7. The maximum atomic E-state index is 13.7. The van der Waals surface area contributed by atoms with Gasteiger partial charge in [0.2, 0.25) is 0 Å². The number of pyridine rings is 1. The summed E-state index contributed by atoms with van der Waals surface area (Å²) in [7, 11) is 0. The van der Waals surface area contributed by atoms with E-state index in [0.717, 1.165) is 29.7 Å². The lowest BCUT2D eigenvalue weighted by Gasteiger charge is -2.34. The fourth-order valence-corrected chi connectivity index (χ4v) is 3.72. The molecule has 0 bridgehead atoms. The molecule has 1 aliphatic rings. The van der Waals surface area contributed by atoms with Crippen molar-refractivity contribution in [3.63, 3.8) is 0 Å². The Balaban J connectivity index is 1.51. The van der Waals surface area contributed by atoms with Crippen LogP contribution in [0.3, 0.4) is 0 Å². The molecule has 1 aromatic heterocycles. The summed E-state index contributed by atoms with van der Waals surface area (Å²) in [5.74, 6) is 0.565. The van der Waals surface area contributed by atoms with Crippen LogP contribution in [0.5, 0.6) is 5.75 Å². The minimum absolute atomic E-state index is 0.138. The Morgan fingerprint density at radius 1 is 1.17 bits per heavy atom. The lowest BCUT2D eigenvalue weighted by atomic mass is 10.0. The molecule has 1 aliphatic heterocycles. The topological polar surface area (TPSA) is 54.5 Å². The molecule has 1 saturated heterocycles. The number of hydrogen-bond donors (Lipinski definition) is 1. The predicted molar refractivity (Wildman–Crippen MR) is 113 cm³/mol. The van der Waals surface area contributed by atoms with E-state index in [1.54, 1.807) is 18.2 Å². The molecule has 29 heavy (non-hydrogen) atoms. The van der Waals surface area contributed by atoms with E-state index in [4.69, 9.17) is 9.72 Å². The van der Waals surface area contributed by atoms with Gasteiger partial charge in [-0.05, 0) is 56.5 Å². The van der Waals surface area contributed by atoms with E-state index in [1.165, 1.54) is 25.0 Å². The van der Waals surface area contributed by atoms with Gasteiger partial charge in [0.1, 0.15) is 22.9 Å². The van der Waals surface area contributed by atoms with Gasteiger partial charge in [-0.2, -0.15) is 0 Å². The van der Waals surface area contributed by atoms with Gasteiger partial charge >= 0.3 is 0 Å². The molecule has 0 aliphatic carbocycles. The van der Waals surface area contributed by atoms with Gasteiger partial charge in [-0.1, -0.05) is 24.3 Å². The SMILES string of the molecule is CC1CCCCN1c1ccc2cccc(OCC(=O)Nc3ccccc3F)c2n1. The summed E-state index contributed by atoms with van der Waals surface area (Å²) in [4.78, 5) is 19.4. The summed E-state index contributed by atoms with van der Waals surface area (Å²) in [6.45, 7) is 2.99. The van der Waals surface area contributed by atoms with E-state index in [-0.39, 0.29) is 12.3 Å². The number of aromatic nitrogens is 1. The zero-order valence-electron chi connectivity index (χ0n) is 16.4. The summed E-state index contributed by atoms with van der Waals surface area (Å²) >= 11 is 0. The highest BCUT2D eigenvalue weighted by Gasteiger charge is 2.20. The third-order valence-electron chi connectivity index (χ3n) is 5.27. The minimum Gasteiger partial charge on any atom is -0.481 e. The smallest absolute Gasteiger partial charge is 0.262 e. The number of rotatable bonds is 5. The van der Waals surface area contributed by atoms with Crippen LogP contribution in [0.1, 0.15) is 26.2 Å². The van der Waals surface area contributed by atoms with E-state index in [1.807, 2.05) is 24.3 Å². The first-order chi connectivity index (χ1) is 14.1. The molecule has 4 rings (SSSR count). The Kier molecular flexibility index (Phi) is 5.60. The Labute approximate surface area is 169 Å². The zero-order chi connectivity index (χ0) is 20.2. The molecular weight excluding hydrogens is 369 g/mol. The Bertz CT molecular complexity index is 1020. The number of fused-ring (bicyclic) bond motifs is 1. The number of nitrogens with zero attached hydrogens (tertiary/aromatic N) is 2. The van der Waals surface area contributed by atoms with Crippen LogP contribution in [0.15, 0.2) is 54.6 Å². The lowest BCUT2D eigenvalue weighted by Crippen LogP contribution is -2.37. The summed E-state index contributed by atoms with van der Waals surface area (Å²) in [6.07, 6.45) is 3.57. The number of carbonyl (C=O) groups excluding carboxylic acids is 1. The first-order valence-electron chi connectivity index (χ1n) is 9.95. The lowest BCUT2D eigenvalue weighted by molar-refractivity contribution is -0.118. The van der Waals surface area contributed by atoms with E-state index in [9.17, 15) is 9.18 Å². The van der Waals surface area contributed by atoms with Gasteiger partial charge in [-0.15, -0.1) is 0 Å². The number of halogens is 1. The number of nitrogens with one attached hydrogen (secondary N) is 1. The summed E-state index contributed by atoms with van der Waals surface area (Å²) < 4.78 is 19.5. The van der Waals surface area contributed by atoms with Crippen molar-refractivity contribution in [1.82, 2.24) is 4.98 Å². The highest BCUT2D eigenvalue weighted by atomic mass is 19.1. The molecule has 2 aromatic carbocycles. The van der Waals surface area contributed by atoms with Gasteiger partial charge in [0, 0.05) is 18.0 Å². The van der Waals surface area contributed by atoms with Crippen LogP contribution < -0.4 is 15.0 Å². The molecular formula is C23H24FN3O2. The van der Waals surface area contributed by atoms with Gasteiger partial charge < -0.3 is 15.0 Å². The van der Waals surface area contributed by atoms with Crippen molar-refractivity contribution in [1.29, 1.82) is 0 Å². The van der Waals surface area contributed by atoms with E-state index in [2.05, 4.69) is 17.1 Å². The molecule has 0 radical (unpaired) electrons. The van der Waals surface area contributed by atoms with Crippen molar-refractivity contribution in [3.8, 4) is 5.75 Å². The summed E-state index contributed by atoms with van der Waals surface area (Å²) in [5.41, 5.74) is 0.861. The van der Waals surface area contributed by atoms with E-state index >= 15 is 0 Å². The molecule has 1 unspecified atom stereocenters. The predicted octanol–water partition coefficient (Wildman–Crippen LogP) is 4.77. The van der Waals surface area contributed by atoms with Crippen LogP contribution in [0.2, 0.25) is 0 Å². The molecule has 1 fully saturated rings. The van der Waals surface area contributed by atoms with Crippen LogP contribution in [0.25, 0.3) is 10.9 Å². The molecule has 1 amide bonds. The molecule has 0 saturated carbocycles. The number of ether oxygens (including phenoxy) is 1. The normalized spacial score (nSPS) is 16.6. The van der Waals surface area contributed by atoms with E-state index in [0.29, 0.717) is 11.8 Å². The number of hydrogen-bond acceptors (Lipinski definition) is 4. The quantitative estimate of drug-likeness (QED) is 0.678.